The van der Waals surface area contributed by atoms with Gasteiger partial charge in [-0.25, -0.2) is 4.79 Å². The minimum Gasteiger partial charge on any atom is -0.330 e. The Balaban J connectivity index is 1.76. The Labute approximate surface area is 195 Å². The SMILES string of the molecule is [3H]CCNCCCC[C@H](CC(=O)CCCCCN1C(=O)C=CC1=O)C(=O)ON1C(=O)CCC1=O. The third kappa shape index (κ3) is 8.53. The third-order valence-corrected chi connectivity index (χ3v) is 5.57. The average Bonchev–Trinajstić information content (AvgIpc) is 3.30. The van der Waals surface area contributed by atoms with Crippen molar-refractivity contribution in [2.45, 2.75) is 71.1 Å². The number of Topliss-reactive ketones (excluding diaryl/α,β-unsaturated/α-hetero) is 1. The molecule has 10 nitrogen and oxygen atoms in total. The molecule has 0 saturated carbocycles. The van der Waals surface area contributed by atoms with Gasteiger partial charge in [-0.1, -0.05) is 19.7 Å². The highest BCUT2D eigenvalue weighted by Crippen LogP contribution is 2.20. The van der Waals surface area contributed by atoms with Crippen molar-refractivity contribution in [1.29, 1.82) is 0 Å². The van der Waals surface area contributed by atoms with Crippen molar-refractivity contribution >= 4 is 35.4 Å². The summed E-state index contributed by atoms with van der Waals surface area (Å²) in [5, 5.41) is 3.60. The van der Waals surface area contributed by atoms with Gasteiger partial charge in [0.15, 0.2) is 0 Å². The molecule has 1 fully saturated rings. The highest BCUT2D eigenvalue weighted by molar-refractivity contribution is 6.12. The Morgan fingerprint density at radius 3 is 2.39 bits per heavy atom. The van der Waals surface area contributed by atoms with Crippen LogP contribution >= 0.6 is 0 Å². The highest BCUT2D eigenvalue weighted by atomic mass is 16.7. The van der Waals surface area contributed by atoms with Gasteiger partial charge in [0.25, 0.3) is 23.6 Å². The van der Waals surface area contributed by atoms with E-state index in [4.69, 9.17) is 6.21 Å². The van der Waals surface area contributed by atoms with Gasteiger partial charge in [0.05, 0.1) is 5.92 Å². The summed E-state index contributed by atoms with van der Waals surface area (Å²) in [6, 6.07) is 0. The molecule has 0 aromatic heterocycles. The summed E-state index contributed by atoms with van der Waals surface area (Å²) in [4.78, 5) is 77.9. The number of imide groups is 2. The van der Waals surface area contributed by atoms with Crippen molar-refractivity contribution in [1.82, 2.24) is 15.3 Å². The van der Waals surface area contributed by atoms with Gasteiger partial charge < -0.3 is 10.2 Å². The molecule has 2 heterocycles. The molecule has 2 rings (SSSR count). The number of hydroxylamine groups is 2. The van der Waals surface area contributed by atoms with Crippen LogP contribution in [0.1, 0.15) is 72.5 Å². The van der Waals surface area contributed by atoms with Crippen LogP contribution < -0.4 is 5.32 Å². The number of ketones is 1. The van der Waals surface area contributed by atoms with E-state index in [1.807, 2.05) is 0 Å². The minimum absolute atomic E-state index is 0.00205. The fraction of sp³-hybridized carbons (Fsp3) is 0.652. The fourth-order valence-electron chi connectivity index (χ4n) is 3.69. The molecule has 2 aliphatic heterocycles. The molecule has 0 aromatic rings. The van der Waals surface area contributed by atoms with Crippen LogP contribution in [0, 0.1) is 5.92 Å². The van der Waals surface area contributed by atoms with E-state index in [1.165, 1.54) is 12.2 Å². The van der Waals surface area contributed by atoms with Gasteiger partial charge in [0, 0.05) is 45.8 Å². The molecule has 1 N–H and O–H groups in total. The zero-order chi connectivity index (χ0) is 24.9. The molecule has 10 heteroatoms. The number of hydrogen-bond acceptors (Lipinski definition) is 8. The lowest BCUT2D eigenvalue weighted by atomic mass is 9.94. The van der Waals surface area contributed by atoms with Gasteiger partial charge >= 0.3 is 5.97 Å². The van der Waals surface area contributed by atoms with Crippen LogP contribution in [0.25, 0.3) is 0 Å². The predicted molar refractivity (Wildman–Crippen MR) is 117 cm³/mol. The van der Waals surface area contributed by atoms with Crippen LogP contribution in [0.5, 0.6) is 0 Å². The molecule has 4 amide bonds. The van der Waals surface area contributed by atoms with E-state index in [-0.39, 0.29) is 50.2 Å². The Morgan fingerprint density at radius 2 is 1.73 bits per heavy atom. The van der Waals surface area contributed by atoms with E-state index in [0.29, 0.717) is 56.8 Å². The molecule has 0 unspecified atom stereocenters. The minimum atomic E-state index is -0.755. The maximum absolute atomic E-state index is 12.6. The Kier molecular flexibility index (Phi) is 10.2. The molecular formula is C23H33N3O7. The number of carbonyl (C=O) groups excluding carboxylic acids is 6. The largest absolute Gasteiger partial charge is 0.336 e. The second-order valence-corrected chi connectivity index (χ2v) is 8.15. The summed E-state index contributed by atoms with van der Waals surface area (Å²) < 4.78 is 7.11. The van der Waals surface area contributed by atoms with Gasteiger partial charge in [0.1, 0.15) is 5.78 Å². The van der Waals surface area contributed by atoms with E-state index in [0.717, 1.165) is 11.3 Å². The molecule has 182 valence electrons. The molecule has 2 aliphatic rings. The van der Waals surface area contributed by atoms with Gasteiger partial charge in [-0.15, -0.1) is 5.06 Å². The summed E-state index contributed by atoms with van der Waals surface area (Å²) >= 11 is 0. The van der Waals surface area contributed by atoms with Gasteiger partial charge in [0.2, 0.25) is 0 Å². The van der Waals surface area contributed by atoms with Crippen LogP contribution in [0.15, 0.2) is 12.2 Å². The maximum atomic E-state index is 12.6. The Hall–Kier alpha value is -2.88. The first kappa shape index (κ1) is 24.8. The van der Waals surface area contributed by atoms with Crippen molar-refractivity contribution in [2.75, 3.05) is 19.6 Å². The van der Waals surface area contributed by atoms with Crippen molar-refractivity contribution in [2.24, 2.45) is 5.92 Å². The molecule has 0 aliphatic carbocycles. The number of nitrogens with zero attached hydrogens (tertiary/aromatic N) is 2. The molecule has 0 bridgehead atoms. The van der Waals surface area contributed by atoms with E-state index >= 15 is 0 Å². The maximum Gasteiger partial charge on any atom is 0.336 e. The van der Waals surface area contributed by atoms with Gasteiger partial charge in [-0.3, -0.25) is 28.9 Å². The molecule has 1 saturated heterocycles. The predicted octanol–water partition coefficient (Wildman–Crippen LogP) is 1.43. The van der Waals surface area contributed by atoms with Crippen LogP contribution in [0.4, 0.5) is 0 Å². The molecular weight excluding hydrogens is 430 g/mol. The van der Waals surface area contributed by atoms with Gasteiger partial charge in [-0.2, -0.15) is 0 Å². The normalized spacial score (nSPS) is 17.2. The summed E-state index contributed by atoms with van der Waals surface area (Å²) in [6.45, 7) is 1.86. The second kappa shape index (κ2) is 13.6. The molecule has 0 aromatic carbocycles. The monoisotopic (exact) mass is 465 g/mol. The molecule has 1 atom stereocenters. The fourth-order valence-corrected chi connectivity index (χ4v) is 3.69. The zero-order valence-electron chi connectivity index (χ0n) is 19.9. The summed E-state index contributed by atoms with van der Waals surface area (Å²) in [7, 11) is 0. The topological polar surface area (TPSA) is 130 Å². The number of amides is 4. The lowest BCUT2D eigenvalue weighted by Crippen LogP contribution is -2.35. The van der Waals surface area contributed by atoms with Crippen molar-refractivity contribution in [3.8, 4) is 0 Å². The van der Waals surface area contributed by atoms with Crippen LogP contribution in [-0.2, 0) is 33.6 Å². The van der Waals surface area contributed by atoms with Crippen LogP contribution in [0.3, 0.4) is 0 Å². The summed E-state index contributed by atoms with van der Waals surface area (Å²) in [5.41, 5.74) is 0. The molecule has 0 radical (unpaired) electrons. The van der Waals surface area contributed by atoms with Crippen molar-refractivity contribution in [3.05, 3.63) is 12.2 Å². The van der Waals surface area contributed by atoms with Crippen LogP contribution in [0.2, 0.25) is 0 Å². The number of rotatable bonds is 16. The lowest BCUT2D eigenvalue weighted by molar-refractivity contribution is -0.201. The first-order valence-electron chi connectivity index (χ1n) is 12.2. The Bertz CT molecular complexity index is 780. The molecule has 0 spiro atoms. The Morgan fingerprint density at radius 1 is 1.03 bits per heavy atom. The van der Waals surface area contributed by atoms with E-state index < -0.39 is 23.7 Å². The van der Waals surface area contributed by atoms with E-state index in [9.17, 15) is 28.8 Å². The highest BCUT2D eigenvalue weighted by Gasteiger charge is 2.35. The smallest absolute Gasteiger partial charge is 0.330 e. The van der Waals surface area contributed by atoms with Crippen molar-refractivity contribution < 1.29 is 35.0 Å². The van der Waals surface area contributed by atoms with Crippen LogP contribution in [-0.4, -0.2) is 65.0 Å². The number of hydrogen-bond donors (Lipinski definition) is 1. The first-order valence-corrected chi connectivity index (χ1v) is 11.5. The van der Waals surface area contributed by atoms with Gasteiger partial charge in [-0.05, 0) is 38.8 Å². The standard InChI is InChI=1S/C23H33N3O7/c1-2-24-14-6-5-8-17(23(32)33-26-21(30)12-13-22(26)31)16-18(27)9-4-3-7-15-25-19(28)10-11-20(25)29/h10-11,17,24H,2-9,12-16H2,1H3/t17-/m1/s1/i1T. The van der Waals surface area contributed by atoms with E-state index in [2.05, 4.69) is 5.32 Å². The summed E-state index contributed by atoms with van der Waals surface area (Å²) in [6.07, 6.45) is 6.26. The lowest BCUT2D eigenvalue weighted by Gasteiger charge is -2.19. The number of unbranched alkanes of at least 4 members (excludes halogenated alkanes) is 3. The number of nitrogens with one attached hydrogen (secondary N) is 1. The second-order valence-electron chi connectivity index (χ2n) is 8.15. The van der Waals surface area contributed by atoms with Crippen molar-refractivity contribution in [3.63, 3.8) is 0 Å². The molecule has 33 heavy (non-hydrogen) atoms. The average molecular weight is 466 g/mol. The quantitative estimate of drug-likeness (QED) is 0.268. The van der Waals surface area contributed by atoms with E-state index in [1.54, 1.807) is 0 Å². The third-order valence-electron chi connectivity index (χ3n) is 5.57. The summed E-state index contributed by atoms with van der Waals surface area (Å²) in [5.74, 6) is -3.41. The number of carbonyl (C=O) groups is 6. The zero-order valence-corrected chi connectivity index (χ0v) is 18.9. The first-order chi connectivity index (χ1) is 16.3.